The molecular weight excluding hydrogens is 250 g/mol. The van der Waals surface area contributed by atoms with Crippen LogP contribution in [0.2, 0.25) is 0 Å². The molecule has 4 heteroatoms. The van der Waals surface area contributed by atoms with Gasteiger partial charge in [-0.1, -0.05) is 26.0 Å². The SMILES string of the molecule is Cc1ccc(C(C)C)c(Oc2ccc(N)c(C#N)n2)c1. The summed E-state index contributed by atoms with van der Waals surface area (Å²) in [6.45, 7) is 6.22. The van der Waals surface area contributed by atoms with E-state index in [4.69, 9.17) is 15.7 Å². The standard InChI is InChI=1S/C16H17N3O/c1-10(2)12-5-4-11(3)8-15(12)20-16-7-6-13(18)14(9-17)19-16/h4-8,10H,18H2,1-3H3. The number of anilines is 1. The molecule has 102 valence electrons. The Kier molecular flexibility index (Phi) is 3.90. The molecule has 0 saturated heterocycles. The van der Waals surface area contributed by atoms with Gasteiger partial charge in [-0.2, -0.15) is 5.26 Å². The van der Waals surface area contributed by atoms with Crippen molar-refractivity contribution in [3.05, 3.63) is 47.2 Å². The van der Waals surface area contributed by atoms with Gasteiger partial charge >= 0.3 is 0 Å². The third-order valence-corrected chi connectivity index (χ3v) is 3.01. The molecule has 0 fully saturated rings. The highest BCUT2D eigenvalue weighted by Gasteiger charge is 2.11. The van der Waals surface area contributed by atoms with Crippen LogP contribution in [0.5, 0.6) is 11.6 Å². The van der Waals surface area contributed by atoms with E-state index in [0.29, 0.717) is 17.5 Å². The number of rotatable bonds is 3. The normalized spacial score (nSPS) is 10.3. The number of ether oxygens (including phenoxy) is 1. The summed E-state index contributed by atoms with van der Waals surface area (Å²) in [5.41, 5.74) is 8.41. The van der Waals surface area contributed by atoms with E-state index in [2.05, 4.69) is 31.0 Å². The zero-order chi connectivity index (χ0) is 14.7. The molecule has 0 aliphatic carbocycles. The molecule has 0 aliphatic heterocycles. The predicted molar refractivity (Wildman–Crippen MR) is 78.7 cm³/mol. The zero-order valence-electron chi connectivity index (χ0n) is 11.8. The molecular formula is C16H17N3O. The van der Waals surface area contributed by atoms with Crippen LogP contribution in [0.3, 0.4) is 0 Å². The van der Waals surface area contributed by atoms with Crippen molar-refractivity contribution in [3.63, 3.8) is 0 Å². The van der Waals surface area contributed by atoms with Gasteiger partial charge in [-0.05, 0) is 36.1 Å². The number of nitrogens with two attached hydrogens (primary N) is 1. The monoisotopic (exact) mass is 267 g/mol. The van der Waals surface area contributed by atoms with E-state index in [9.17, 15) is 0 Å². The van der Waals surface area contributed by atoms with Crippen LogP contribution in [0, 0.1) is 18.3 Å². The summed E-state index contributed by atoms with van der Waals surface area (Å²) in [5, 5.41) is 8.95. The molecule has 2 aromatic rings. The third kappa shape index (κ3) is 2.89. The van der Waals surface area contributed by atoms with E-state index in [-0.39, 0.29) is 5.69 Å². The fourth-order valence-corrected chi connectivity index (χ4v) is 1.92. The van der Waals surface area contributed by atoms with Crippen molar-refractivity contribution < 1.29 is 4.74 Å². The van der Waals surface area contributed by atoms with E-state index in [0.717, 1.165) is 16.9 Å². The van der Waals surface area contributed by atoms with E-state index >= 15 is 0 Å². The number of nitrogens with zero attached hydrogens (tertiary/aromatic N) is 2. The van der Waals surface area contributed by atoms with Crippen LogP contribution in [-0.4, -0.2) is 4.98 Å². The summed E-state index contributed by atoms with van der Waals surface area (Å²) in [6.07, 6.45) is 0. The lowest BCUT2D eigenvalue weighted by molar-refractivity contribution is 0.454. The number of aryl methyl sites for hydroxylation is 1. The predicted octanol–water partition coefficient (Wildman–Crippen LogP) is 3.76. The molecule has 0 unspecified atom stereocenters. The van der Waals surface area contributed by atoms with Crippen molar-refractivity contribution in [2.24, 2.45) is 0 Å². The molecule has 0 saturated carbocycles. The number of benzene rings is 1. The molecule has 0 amide bonds. The Bertz CT molecular complexity index is 672. The van der Waals surface area contributed by atoms with Crippen molar-refractivity contribution in [1.29, 1.82) is 5.26 Å². The van der Waals surface area contributed by atoms with Crippen LogP contribution in [0.1, 0.15) is 36.6 Å². The van der Waals surface area contributed by atoms with E-state index < -0.39 is 0 Å². The smallest absolute Gasteiger partial charge is 0.220 e. The quantitative estimate of drug-likeness (QED) is 0.919. The molecule has 2 N–H and O–H groups in total. The summed E-state index contributed by atoms with van der Waals surface area (Å²) in [4.78, 5) is 4.11. The van der Waals surface area contributed by atoms with Crippen molar-refractivity contribution in [2.75, 3.05) is 5.73 Å². The molecule has 20 heavy (non-hydrogen) atoms. The molecule has 0 atom stereocenters. The van der Waals surface area contributed by atoms with E-state index in [1.165, 1.54) is 0 Å². The number of hydrogen-bond donors (Lipinski definition) is 1. The molecule has 0 spiro atoms. The lowest BCUT2D eigenvalue weighted by Gasteiger charge is -2.14. The van der Waals surface area contributed by atoms with Crippen molar-refractivity contribution >= 4 is 5.69 Å². The maximum absolute atomic E-state index is 8.95. The molecule has 0 bridgehead atoms. The van der Waals surface area contributed by atoms with Gasteiger partial charge < -0.3 is 10.5 Å². The van der Waals surface area contributed by atoms with Gasteiger partial charge in [0.15, 0.2) is 5.69 Å². The highest BCUT2D eigenvalue weighted by Crippen LogP contribution is 2.31. The van der Waals surface area contributed by atoms with E-state index in [1.54, 1.807) is 12.1 Å². The highest BCUT2D eigenvalue weighted by atomic mass is 16.5. The van der Waals surface area contributed by atoms with Crippen LogP contribution in [0.15, 0.2) is 30.3 Å². The zero-order valence-corrected chi connectivity index (χ0v) is 11.8. The molecule has 0 radical (unpaired) electrons. The minimum atomic E-state index is 0.182. The van der Waals surface area contributed by atoms with Crippen LogP contribution in [0.25, 0.3) is 0 Å². The van der Waals surface area contributed by atoms with Gasteiger partial charge in [0, 0.05) is 6.07 Å². The lowest BCUT2D eigenvalue weighted by atomic mass is 10.0. The molecule has 1 heterocycles. The first-order valence-corrected chi connectivity index (χ1v) is 6.46. The highest BCUT2D eigenvalue weighted by molar-refractivity contribution is 5.51. The van der Waals surface area contributed by atoms with Gasteiger partial charge in [0.2, 0.25) is 5.88 Å². The van der Waals surface area contributed by atoms with Crippen LogP contribution in [0.4, 0.5) is 5.69 Å². The van der Waals surface area contributed by atoms with Crippen molar-refractivity contribution in [2.45, 2.75) is 26.7 Å². The summed E-state index contributed by atoms with van der Waals surface area (Å²) >= 11 is 0. The Morgan fingerprint density at radius 3 is 2.65 bits per heavy atom. The van der Waals surface area contributed by atoms with Gasteiger partial charge in [-0.25, -0.2) is 4.98 Å². The first-order chi connectivity index (χ1) is 9.51. The van der Waals surface area contributed by atoms with Gasteiger partial charge in [-0.3, -0.25) is 0 Å². The maximum Gasteiger partial charge on any atom is 0.220 e. The topological polar surface area (TPSA) is 71.9 Å². The Labute approximate surface area is 118 Å². The third-order valence-electron chi connectivity index (χ3n) is 3.01. The molecule has 1 aromatic heterocycles. The summed E-state index contributed by atoms with van der Waals surface area (Å²) in [5.74, 6) is 1.49. The average Bonchev–Trinajstić information content (AvgIpc) is 2.40. The van der Waals surface area contributed by atoms with Crippen molar-refractivity contribution in [1.82, 2.24) is 4.98 Å². The summed E-state index contributed by atoms with van der Waals surface area (Å²) in [7, 11) is 0. The Morgan fingerprint density at radius 1 is 1.25 bits per heavy atom. The average molecular weight is 267 g/mol. The fourth-order valence-electron chi connectivity index (χ4n) is 1.92. The number of pyridine rings is 1. The second-order valence-corrected chi connectivity index (χ2v) is 5.00. The summed E-state index contributed by atoms with van der Waals surface area (Å²) in [6, 6.07) is 11.3. The largest absolute Gasteiger partial charge is 0.439 e. The number of hydrogen-bond acceptors (Lipinski definition) is 4. The van der Waals surface area contributed by atoms with Gasteiger partial charge in [0.1, 0.15) is 11.8 Å². The maximum atomic E-state index is 8.95. The van der Waals surface area contributed by atoms with Gasteiger partial charge in [0.05, 0.1) is 5.69 Å². The minimum absolute atomic E-state index is 0.182. The van der Waals surface area contributed by atoms with Crippen LogP contribution in [-0.2, 0) is 0 Å². The first-order valence-electron chi connectivity index (χ1n) is 6.46. The molecule has 4 nitrogen and oxygen atoms in total. The number of nitrogen functional groups attached to an aromatic ring is 1. The first kappa shape index (κ1) is 13.9. The number of nitriles is 1. The van der Waals surface area contributed by atoms with Crippen LogP contribution < -0.4 is 10.5 Å². The van der Waals surface area contributed by atoms with E-state index in [1.807, 2.05) is 19.1 Å². The van der Waals surface area contributed by atoms with Crippen molar-refractivity contribution in [3.8, 4) is 17.7 Å². The summed E-state index contributed by atoms with van der Waals surface area (Å²) < 4.78 is 5.83. The second-order valence-electron chi connectivity index (χ2n) is 5.00. The molecule has 2 rings (SSSR count). The Balaban J connectivity index is 2.39. The second kappa shape index (κ2) is 5.62. The fraction of sp³-hybridized carbons (Fsp3) is 0.250. The lowest BCUT2D eigenvalue weighted by Crippen LogP contribution is -1.99. The Morgan fingerprint density at radius 2 is 2.00 bits per heavy atom. The molecule has 1 aromatic carbocycles. The Hall–Kier alpha value is -2.54. The minimum Gasteiger partial charge on any atom is -0.439 e. The van der Waals surface area contributed by atoms with Gasteiger partial charge in [0.25, 0.3) is 0 Å². The van der Waals surface area contributed by atoms with Gasteiger partial charge in [-0.15, -0.1) is 0 Å². The number of aromatic nitrogens is 1. The van der Waals surface area contributed by atoms with Crippen LogP contribution >= 0.6 is 0 Å². The molecule has 0 aliphatic rings.